The Kier molecular flexibility index (Phi) is 5.39. The first-order valence-electron chi connectivity index (χ1n) is 6.90. The molecule has 21 heavy (non-hydrogen) atoms. The topological polar surface area (TPSA) is 38.3 Å². The summed E-state index contributed by atoms with van der Waals surface area (Å²) >= 11 is 3.41. The predicted molar refractivity (Wildman–Crippen MR) is 89.1 cm³/mol. The molecule has 0 fully saturated rings. The molecule has 2 rings (SSSR count). The third-order valence-corrected chi connectivity index (χ3v) is 3.33. The van der Waals surface area contributed by atoms with Gasteiger partial charge in [-0.2, -0.15) is 0 Å². The van der Waals surface area contributed by atoms with Gasteiger partial charge in [0.15, 0.2) is 0 Å². The lowest BCUT2D eigenvalue weighted by Crippen LogP contribution is -2.12. The van der Waals surface area contributed by atoms with Crippen molar-refractivity contribution >= 4 is 27.5 Å². The van der Waals surface area contributed by atoms with Gasteiger partial charge in [-0.3, -0.25) is 4.79 Å². The first kappa shape index (κ1) is 15.6. The molecule has 2 aromatic carbocycles. The van der Waals surface area contributed by atoms with Gasteiger partial charge >= 0.3 is 0 Å². The summed E-state index contributed by atoms with van der Waals surface area (Å²) in [4.78, 5) is 12.3. The summed E-state index contributed by atoms with van der Waals surface area (Å²) in [6, 6.07) is 13.1. The Morgan fingerprint density at radius 1 is 1.24 bits per heavy atom. The lowest BCUT2D eigenvalue weighted by molar-refractivity contribution is 0.102. The number of halogens is 1. The van der Waals surface area contributed by atoms with Gasteiger partial charge in [0.2, 0.25) is 0 Å². The lowest BCUT2D eigenvalue weighted by Gasteiger charge is -2.09. The van der Waals surface area contributed by atoms with Crippen molar-refractivity contribution in [1.82, 2.24) is 0 Å². The zero-order valence-electron chi connectivity index (χ0n) is 12.2. The molecule has 0 aliphatic heterocycles. The molecule has 4 heteroatoms. The molecule has 0 radical (unpaired) electrons. The van der Waals surface area contributed by atoms with Gasteiger partial charge in [-0.1, -0.05) is 28.9 Å². The first-order valence-corrected chi connectivity index (χ1v) is 7.69. The predicted octanol–water partition coefficient (Wildman–Crippen LogP) is 4.80. The highest BCUT2D eigenvalue weighted by molar-refractivity contribution is 9.10. The highest BCUT2D eigenvalue weighted by atomic mass is 79.9. The van der Waals surface area contributed by atoms with Gasteiger partial charge in [-0.15, -0.1) is 0 Å². The van der Waals surface area contributed by atoms with Crippen molar-refractivity contribution in [3.05, 3.63) is 58.1 Å². The molecule has 3 nitrogen and oxygen atoms in total. The number of hydrogen-bond donors (Lipinski definition) is 1. The van der Waals surface area contributed by atoms with E-state index in [-0.39, 0.29) is 5.91 Å². The van der Waals surface area contributed by atoms with E-state index in [1.54, 1.807) is 6.07 Å². The Balaban J connectivity index is 2.11. The van der Waals surface area contributed by atoms with Crippen molar-refractivity contribution < 1.29 is 9.53 Å². The monoisotopic (exact) mass is 347 g/mol. The molecule has 1 amide bonds. The Hall–Kier alpha value is -1.81. The third kappa shape index (κ3) is 4.60. The molecular weight excluding hydrogens is 330 g/mol. The summed E-state index contributed by atoms with van der Waals surface area (Å²) in [5, 5.41) is 2.89. The minimum atomic E-state index is -0.132. The highest BCUT2D eigenvalue weighted by Crippen LogP contribution is 2.20. The quantitative estimate of drug-likeness (QED) is 0.843. The van der Waals surface area contributed by atoms with Crippen LogP contribution in [0, 0.1) is 6.92 Å². The van der Waals surface area contributed by atoms with Crippen LogP contribution in [0.4, 0.5) is 5.69 Å². The largest absolute Gasteiger partial charge is 0.494 e. The number of anilines is 1. The zero-order chi connectivity index (χ0) is 15.2. The van der Waals surface area contributed by atoms with Crippen molar-refractivity contribution in [2.75, 3.05) is 11.9 Å². The average molecular weight is 348 g/mol. The van der Waals surface area contributed by atoms with E-state index >= 15 is 0 Å². The van der Waals surface area contributed by atoms with Crippen LogP contribution in [0.25, 0.3) is 0 Å². The normalized spacial score (nSPS) is 10.2. The van der Waals surface area contributed by atoms with Crippen LogP contribution in [0.3, 0.4) is 0 Å². The number of rotatable bonds is 5. The first-order chi connectivity index (χ1) is 10.1. The fraction of sp³-hybridized carbons (Fsp3) is 0.235. The minimum Gasteiger partial charge on any atom is -0.494 e. The fourth-order valence-corrected chi connectivity index (χ4v) is 2.56. The van der Waals surface area contributed by atoms with Gasteiger partial charge in [0.05, 0.1) is 6.61 Å². The minimum absolute atomic E-state index is 0.132. The number of ether oxygens (including phenoxy) is 1. The fourth-order valence-electron chi connectivity index (χ4n) is 1.95. The molecule has 0 spiro atoms. The Labute approximate surface area is 133 Å². The van der Waals surface area contributed by atoms with Crippen LogP contribution in [-0.2, 0) is 0 Å². The average Bonchev–Trinajstić information content (AvgIpc) is 2.44. The number of carbonyl (C=O) groups excluding carboxylic acids is 1. The second-order valence-corrected chi connectivity index (χ2v) is 5.76. The van der Waals surface area contributed by atoms with Gasteiger partial charge in [-0.25, -0.2) is 0 Å². The molecule has 0 aliphatic carbocycles. The maximum absolute atomic E-state index is 12.3. The number of hydrogen-bond acceptors (Lipinski definition) is 2. The summed E-state index contributed by atoms with van der Waals surface area (Å²) in [6.07, 6.45) is 0.952. The van der Waals surface area contributed by atoms with Crippen LogP contribution in [0.1, 0.15) is 29.3 Å². The van der Waals surface area contributed by atoms with Gasteiger partial charge in [-0.05, 0) is 49.2 Å². The SMILES string of the molecule is CCCOc1cccc(NC(=O)c2cc(C)cc(Br)c2)c1. The van der Waals surface area contributed by atoms with E-state index in [0.717, 1.165) is 27.9 Å². The van der Waals surface area contributed by atoms with Crippen LogP contribution in [0.2, 0.25) is 0 Å². The Morgan fingerprint density at radius 3 is 2.76 bits per heavy atom. The number of nitrogens with one attached hydrogen (secondary N) is 1. The molecular formula is C17H18BrNO2. The molecule has 0 saturated heterocycles. The van der Waals surface area contributed by atoms with Crippen LogP contribution in [0.5, 0.6) is 5.75 Å². The van der Waals surface area contributed by atoms with Crippen LogP contribution in [0.15, 0.2) is 46.9 Å². The summed E-state index contributed by atoms with van der Waals surface area (Å²) in [7, 11) is 0. The molecule has 110 valence electrons. The Morgan fingerprint density at radius 2 is 2.05 bits per heavy atom. The number of aryl methyl sites for hydroxylation is 1. The number of carbonyl (C=O) groups is 1. The second kappa shape index (κ2) is 7.27. The standard InChI is InChI=1S/C17H18BrNO2/c1-3-7-21-16-6-4-5-15(11-16)19-17(20)13-8-12(2)9-14(18)10-13/h4-6,8-11H,3,7H2,1-2H3,(H,19,20). The van der Waals surface area contributed by atoms with Crippen LogP contribution < -0.4 is 10.1 Å². The molecule has 0 heterocycles. The number of amides is 1. The Bertz CT molecular complexity index is 620. The van der Waals surface area contributed by atoms with Crippen LogP contribution >= 0.6 is 15.9 Å². The molecule has 0 unspecified atom stereocenters. The molecule has 0 bridgehead atoms. The van der Waals surface area contributed by atoms with Crippen molar-refractivity contribution in [3.8, 4) is 5.75 Å². The van der Waals surface area contributed by atoms with Crippen molar-refractivity contribution in [3.63, 3.8) is 0 Å². The van der Waals surface area contributed by atoms with E-state index < -0.39 is 0 Å². The van der Waals surface area contributed by atoms with Crippen molar-refractivity contribution in [2.45, 2.75) is 20.3 Å². The second-order valence-electron chi connectivity index (χ2n) is 4.85. The summed E-state index contributed by atoms with van der Waals surface area (Å²) in [5.74, 6) is 0.632. The number of benzene rings is 2. The van der Waals surface area contributed by atoms with E-state index in [4.69, 9.17) is 4.74 Å². The van der Waals surface area contributed by atoms with Gasteiger partial charge in [0.1, 0.15) is 5.75 Å². The van der Waals surface area contributed by atoms with Crippen molar-refractivity contribution in [1.29, 1.82) is 0 Å². The summed E-state index contributed by atoms with van der Waals surface area (Å²) in [6.45, 7) is 4.68. The van der Waals surface area contributed by atoms with E-state index in [9.17, 15) is 4.79 Å². The summed E-state index contributed by atoms with van der Waals surface area (Å²) < 4.78 is 6.46. The van der Waals surface area contributed by atoms with E-state index in [1.807, 2.05) is 43.3 Å². The van der Waals surface area contributed by atoms with Gasteiger partial charge in [0.25, 0.3) is 5.91 Å². The zero-order valence-corrected chi connectivity index (χ0v) is 13.7. The van der Waals surface area contributed by atoms with E-state index in [2.05, 4.69) is 28.2 Å². The molecule has 1 N–H and O–H groups in total. The highest BCUT2D eigenvalue weighted by Gasteiger charge is 2.08. The molecule has 0 saturated carbocycles. The molecule has 2 aromatic rings. The van der Waals surface area contributed by atoms with E-state index in [1.165, 1.54) is 0 Å². The van der Waals surface area contributed by atoms with Gasteiger partial charge < -0.3 is 10.1 Å². The lowest BCUT2D eigenvalue weighted by atomic mass is 10.1. The van der Waals surface area contributed by atoms with Crippen molar-refractivity contribution in [2.24, 2.45) is 0 Å². The molecule has 0 atom stereocenters. The van der Waals surface area contributed by atoms with Gasteiger partial charge in [0, 0.05) is 21.8 Å². The third-order valence-electron chi connectivity index (χ3n) is 2.87. The maximum atomic E-state index is 12.3. The maximum Gasteiger partial charge on any atom is 0.255 e. The molecule has 0 aliphatic rings. The molecule has 0 aromatic heterocycles. The van der Waals surface area contributed by atoms with Crippen LogP contribution in [-0.4, -0.2) is 12.5 Å². The summed E-state index contributed by atoms with van der Waals surface area (Å²) in [5.41, 5.74) is 2.39. The smallest absolute Gasteiger partial charge is 0.255 e. The van der Waals surface area contributed by atoms with E-state index in [0.29, 0.717) is 12.2 Å².